The Morgan fingerprint density at radius 1 is 1.58 bits per heavy atom. The first-order valence-electron chi connectivity index (χ1n) is 6.35. The van der Waals surface area contributed by atoms with E-state index in [-0.39, 0.29) is 17.8 Å². The van der Waals surface area contributed by atoms with Crippen molar-refractivity contribution in [2.24, 2.45) is 16.5 Å². The minimum atomic E-state index is -0.170. The molecule has 1 aliphatic carbocycles. The maximum atomic E-state index is 11.6. The lowest BCUT2D eigenvalue weighted by Gasteiger charge is -2.19. The van der Waals surface area contributed by atoms with Gasteiger partial charge in [0.15, 0.2) is 5.96 Å². The van der Waals surface area contributed by atoms with Crippen LogP contribution < -0.4 is 11.5 Å². The number of carbonyl (C=O) groups excluding carboxylic acids is 1. The molecule has 6 nitrogen and oxygen atoms in total. The van der Waals surface area contributed by atoms with Crippen molar-refractivity contribution in [3.05, 3.63) is 10.6 Å². The lowest BCUT2D eigenvalue weighted by molar-refractivity contribution is -0.143. The fraction of sp³-hybridized carbons (Fsp3) is 0.583. The number of aliphatic imine (C=N–C) groups is 1. The van der Waals surface area contributed by atoms with Crippen molar-refractivity contribution in [1.29, 1.82) is 0 Å². The first-order chi connectivity index (χ1) is 9.10. The van der Waals surface area contributed by atoms with Crippen molar-refractivity contribution in [1.82, 2.24) is 4.98 Å². The molecule has 19 heavy (non-hydrogen) atoms. The van der Waals surface area contributed by atoms with Crippen LogP contribution in [0.25, 0.3) is 0 Å². The average Bonchev–Trinajstić information content (AvgIpc) is 2.71. The predicted octanol–water partition coefficient (Wildman–Crippen LogP) is 1.42. The Bertz CT molecular complexity index is 494. The number of hydrogen-bond acceptors (Lipinski definition) is 5. The molecule has 0 spiro atoms. The molecule has 1 aliphatic rings. The highest BCUT2D eigenvalue weighted by molar-refractivity contribution is 7.15. The first kappa shape index (κ1) is 13.8. The van der Waals surface area contributed by atoms with E-state index in [0.29, 0.717) is 18.2 Å². The zero-order valence-electron chi connectivity index (χ0n) is 10.9. The van der Waals surface area contributed by atoms with Crippen LogP contribution in [0.1, 0.15) is 42.7 Å². The molecule has 0 bridgehead atoms. The summed E-state index contributed by atoms with van der Waals surface area (Å²) in [6.07, 6.45) is 3.37. The molecule has 1 unspecified atom stereocenters. The topological polar surface area (TPSA) is 104 Å². The Kier molecular flexibility index (Phi) is 4.36. The Balaban J connectivity index is 2.16. The molecule has 0 aromatic carbocycles. The van der Waals surface area contributed by atoms with Gasteiger partial charge in [-0.1, -0.05) is 11.3 Å². The Morgan fingerprint density at radius 2 is 2.37 bits per heavy atom. The normalized spacial score (nSPS) is 17.6. The minimum Gasteiger partial charge on any atom is -0.466 e. The summed E-state index contributed by atoms with van der Waals surface area (Å²) < 4.78 is 5.00. The van der Waals surface area contributed by atoms with Crippen LogP contribution in [0.4, 0.5) is 5.13 Å². The van der Waals surface area contributed by atoms with Crippen LogP contribution in [0.15, 0.2) is 4.99 Å². The number of ether oxygens (including phenoxy) is 1. The summed E-state index contributed by atoms with van der Waals surface area (Å²) in [6.45, 7) is 2.22. The van der Waals surface area contributed by atoms with Gasteiger partial charge in [0.25, 0.3) is 0 Å². The molecular weight excluding hydrogens is 264 g/mol. The second-order valence-corrected chi connectivity index (χ2v) is 5.50. The number of nitrogens with two attached hydrogens (primary N) is 2. The Hall–Kier alpha value is -1.63. The van der Waals surface area contributed by atoms with Crippen LogP contribution in [-0.4, -0.2) is 23.5 Å². The molecular formula is C12H18N4O2S. The van der Waals surface area contributed by atoms with Crippen molar-refractivity contribution in [3.63, 3.8) is 0 Å². The summed E-state index contributed by atoms with van der Waals surface area (Å²) in [6, 6.07) is 0. The summed E-state index contributed by atoms with van der Waals surface area (Å²) in [5.74, 6) is -0.0354. The molecule has 0 fully saturated rings. The van der Waals surface area contributed by atoms with Crippen LogP contribution >= 0.6 is 11.3 Å². The van der Waals surface area contributed by atoms with Crippen molar-refractivity contribution in [2.75, 3.05) is 6.61 Å². The van der Waals surface area contributed by atoms with E-state index in [1.165, 1.54) is 16.2 Å². The number of aromatic nitrogens is 1. The summed E-state index contributed by atoms with van der Waals surface area (Å²) >= 11 is 1.50. The van der Waals surface area contributed by atoms with Gasteiger partial charge in [0.05, 0.1) is 18.7 Å². The standard InChI is InChI=1S/C12H18N4O2S/c1-2-18-9(17)6-7-4-3-5-8-10(7)15-12(19-8)16-11(13)14/h7H,2-6H2,1H3,(H4,13,14,15,16). The van der Waals surface area contributed by atoms with E-state index >= 15 is 0 Å². The molecule has 4 N–H and O–H groups in total. The third-order valence-electron chi connectivity index (χ3n) is 3.00. The fourth-order valence-corrected chi connectivity index (χ4v) is 3.35. The highest BCUT2D eigenvalue weighted by Crippen LogP contribution is 2.39. The fourth-order valence-electron chi connectivity index (χ4n) is 2.27. The average molecular weight is 282 g/mol. The lowest BCUT2D eigenvalue weighted by atomic mass is 9.88. The zero-order chi connectivity index (χ0) is 13.8. The van der Waals surface area contributed by atoms with Gasteiger partial charge in [0, 0.05) is 10.8 Å². The number of fused-ring (bicyclic) bond motifs is 1. The van der Waals surface area contributed by atoms with Crippen LogP contribution in [0.5, 0.6) is 0 Å². The van der Waals surface area contributed by atoms with Crippen LogP contribution in [-0.2, 0) is 16.0 Å². The molecule has 0 amide bonds. The number of guanidine groups is 1. The molecule has 2 rings (SSSR count). The third kappa shape index (κ3) is 3.44. The van der Waals surface area contributed by atoms with E-state index in [0.717, 1.165) is 25.0 Å². The van der Waals surface area contributed by atoms with E-state index in [1.54, 1.807) is 0 Å². The van der Waals surface area contributed by atoms with E-state index in [2.05, 4.69) is 9.98 Å². The Labute approximate surface area is 115 Å². The zero-order valence-corrected chi connectivity index (χ0v) is 11.7. The molecule has 104 valence electrons. The second-order valence-electron chi connectivity index (χ2n) is 4.44. The van der Waals surface area contributed by atoms with Gasteiger partial charge in [-0.05, 0) is 26.2 Å². The summed E-state index contributed by atoms with van der Waals surface area (Å²) in [4.78, 5) is 21.2. The van der Waals surface area contributed by atoms with Gasteiger partial charge in [0.1, 0.15) is 0 Å². The molecule has 1 aromatic heterocycles. The summed E-state index contributed by atoms with van der Waals surface area (Å²) in [5.41, 5.74) is 11.7. The summed E-state index contributed by atoms with van der Waals surface area (Å²) in [5, 5.41) is 0.570. The minimum absolute atomic E-state index is 0.00744. The molecule has 7 heteroatoms. The van der Waals surface area contributed by atoms with E-state index < -0.39 is 0 Å². The molecule has 1 aromatic rings. The van der Waals surface area contributed by atoms with Gasteiger partial charge < -0.3 is 16.2 Å². The van der Waals surface area contributed by atoms with E-state index in [9.17, 15) is 4.79 Å². The monoisotopic (exact) mass is 282 g/mol. The molecule has 1 atom stereocenters. The number of esters is 1. The predicted molar refractivity (Wildman–Crippen MR) is 74.5 cm³/mol. The molecule has 0 saturated heterocycles. The van der Waals surface area contributed by atoms with Crippen molar-refractivity contribution < 1.29 is 9.53 Å². The maximum absolute atomic E-state index is 11.6. The smallest absolute Gasteiger partial charge is 0.306 e. The van der Waals surface area contributed by atoms with Gasteiger partial charge in [-0.2, -0.15) is 4.99 Å². The maximum Gasteiger partial charge on any atom is 0.306 e. The van der Waals surface area contributed by atoms with Crippen molar-refractivity contribution in [2.45, 2.75) is 38.5 Å². The highest BCUT2D eigenvalue weighted by Gasteiger charge is 2.27. The van der Waals surface area contributed by atoms with Crippen molar-refractivity contribution >= 4 is 28.4 Å². The quantitative estimate of drug-likeness (QED) is 0.494. The van der Waals surface area contributed by atoms with Gasteiger partial charge in [-0.15, -0.1) is 0 Å². The van der Waals surface area contributed by atoms with Crippen molar-refractivity contribution in [3.8, 4) is 0 Å². The first-order valence-corrected chi connectivity index (χ1v) is 7.16. The van der Waals surface area contributed by atoms with Gasteiger partial charge in [-0.25, -0.2) is 4.98 Å². The van der Waals surface area contributed by atoms with Crippen LogP contribution in [0.3, 0.4) is 0 Å². The van der Waals surface area contributed by atoms with Gasteiger partial charge >= 0.3 is 5.97 Å². The Morgan fingerprint density at radius 3 is 3.05 bits per heavy atom. The molecule has 0 aliphatic heterocycles. The third-order valence-corrected chi connectivity index (χ3v) is 4.03. The van der Waals surface area contributed by atoms with Gasteiger partial charge in [-0.3, -0.25) is 4.79 Å². The summed E-state index contributed by atoms with van der Waals surface area (Å²) in [7, 11) is 0. The number of carbonyl (C=O) groups is 1. The van der Waals surface area contributed by atoms with Crippen LogP contribution in [0.2, 0.25) is 0 Å². The molecule has 0 saturated carbocycles. The van der Waals surface area contributed by atoms with E-state index in [1.807, 2.05) is 6.92 Å². The number of nitrogens with zero attached hydrogens (tertiary/aromatic N) is 2. The SMILES string of the molecule is CCOC(=O)CC1CCCc2sc(N=C(N)N)nc21. The largest absolute Gasteiger partial charge is 0.466 e. The highest BCUT2D eigenvalue weighted by atomic mass is 32.1. The number of hydrogen-bond donors (Lipinski definition) is 2. The van der Waals surface area contributed by atoms with Crippen LogP contribution in [0, 0.1) is 0 Å². The number of rotatable bonds is 4. The lowest BCUT2D eigenvalue weighted by Crippen LogP contribution is -2.21. The van der Waals surface area contributed by atoms with E-state index in [4.69, 9.17) is 16.2 Å². The number of aryl methyl sites for hydroxylation is 1. The molecule has 1 heterocycles. The molecule has 0 radical (unpaired) electrons. The second kappa shape index (κ2) is 6.01. The van der Waals surface area contributed by atoms with Gasteiger partial charge in [0.2, 0.25) is 5.13 Å². The number of thiazole rings is 1.